The molecule has 2 heterocycles. The van der Waals surface area contributed by atoms with Crippen LogP contribution in [0, 0.1) is 0 Å². The molecule has 1 saturated heterocycles. The molecule has 0 radical (unpaired) electrons. The Labute approximate surface area is 108 Å². The third-order valence-electron chi connectivity index (χ3n) is 2.80. The van der Waals surface area contributed by atoms with Gasteiger partial charge in [0.05, 0.1) is 7.11 Å². The number of esters is 1. The fourth-order valence-corrected chi connectivity index (χ4v) is 2.51. The number of H-pyrrole nitrogens is 1. The number of anilines is 1. The van der Waals surface area contributed by atoms with Gasteiger partial charge in [-0.15, -0.1) is 0 Å². The fraction of sp³-hybridized carbons (Fsp3) is 0.444. The minimum atomic E-state index is -3.78. The summed E-state index contributed by atoms with van der Waals surface area (Å²) in [7, 11) is -2.57. The van der Waals surface area contributed by atoms with Gasteiger partial charge in [0.2, 0.25) is 15.9 Å². The molecule has 0 bridgehead atoms. The second-order valence-corrected chi connectivity index (χ2v) is 5.90. The van der Waals surface area contributed by atoms with Crippen LogP contribution < -0.4 is 10.0 Å². The Morgan fingerprint density at radius 2 is 2.32 bits per heavy atom. The van der Waals surface area contributed by atoms with Gasteiger partial charge in [-0.2, -0.15) is 5.10 Å². The lowest BCUT2D eigenvalue weighted by Gasteiger charge is -2.11. The van der Waals surface area contributed by atoms with Crippen LogP contribution in [0.15, 0.2) is 6.07 Å². The summed E-state index contributed by atoms with van der Waals surface area (Å²) in [6, 6.07) is 1.31. The smallest absolute Gasteiger partial charge is 0.356 e. The van der Waals surface area contributed by atoms with Gasteiger partial charge in [0.1, 0.15) is 10.9 Å². The van der Waals surface area contributed by atoms with Gasteiger partial charge in [0.25, 0.3) is 0 Å². The Balaban J connectivity index is 2.21. The number of nitrogens with two attached hydrogens (primary N) is 1. The summed E-state index contributed by atoms with van der Waals surface area (Å²) >= 11 is 0. The number of hydrogen-bond acceptors (Lipinski definition) is 6. The molecular weight excluding hydrogens is 276 g/mol. The van der Waals surface area contributed by atoms with Crippen LogP contribution in [0.5, 0.6) is 0 Å². The monoisotopic (exact) mass is 288 g/mol. The van der Waals surface area contributed by atoms with Gasteiger partial charge in [0.15, 0.2) is 5.82 Å². The molecule has 3 N–H and O–H groups in total. The van der Waals surface area contributed by atoms with Crippen molar-refractivity contribution >= 4 is 27.7 Å². The summed E-state index contributed by atoms with van der Waals surface area (Å²) in [5.74, 6) is -0.883. The lowest BCUT2D eigenvalue weighted by molar-refractivity contribution is -0.117. The quantitative estimate of drug-likeness (QED) is 0.656. The first kappa shape index (κ1) is 13.5. The van der Waals surface area contributed by atoms with E-state index in [2.05, 4.69) is 14.9 Å². The minimum absolute atomic E-state index is 0.0735. The minimum Gasteiger partial charge on any atom is -0.464 e. The summed E-state index contributed by atoms with van der Waals surface area (Å²) in [6.07, 6.45) is -0.195. The molecule has 2 rings (SSSR count). The lowest BCUT2D eigenvalue weighted by Crippen LogP contribution is -2.32. The van der Waals surface area contributed by atoms with E-state index in [0.29, 0.717) is 0 Å². The molecule has 0 spiro atoms. The number of aromatic amines is 1. The van der Waals surface area contributed by atoms with Gasteiger partial charge in [-0.1, -0.05) is 0 Å². The van der Waals surface area contributed by atoms with Crippen molar-refractivity contribution in [1.29, 1.82) is 0 Å². The highest BCUT2D eigenvalue weighted by atomic mass is 32.2. The van der Waals surface area contributed by atoms with Gasteiger partial charge >= 0.3 is 5.97 Å². The van der Waals surface area contributed by atoms with Crippen LogP contribution in [0.3, 0.4) is 0 Å². The molecular formula is C9H12N4O5S. The molecule has 1 aliphatic rings. The van der Waals surface area contributed by atoms with Crippen LogP contribution in [0.25, 0.3) is 0 Å². The number of methoxy groups -OCH3 is 1. The molecule has 1 aromatic heterocycles. The summed E-state index contributed by atoms with van der Waals surface area (Å²) in [5.41, 5.74) is 0.0735. The van der Waals surface area contributed by atoms with Crippen molar-refractivity contribution in [1.82, 2.24) is 10.2 Å². The van der Waals surface area contributed by atoms with E-state index in [1.807, 2.05) is 0 Å². The van der Waals surface area contributed by atoms with Crippen molar-refractivity contribution in [2.24, 2.45) is 5.14 Å². The highest BCUT2D eigenvalue weighted by Gasteiger charge is 2.38. The average molecular weight is 288 g/mol. The first-order chi connectivity index (χ1) is 8.82. The van der Waals surface area contributed by atoms with Crippen molar-refractivity contribution in [2.75, 3.05) is 18.6 Å². The second-order valence-electron chi connectivity index (χ2n) is 4.05. The molecule has 1 atom stereocenters. The number of ether oxygens (including phenoxy) is 1. The van der Waals surface area contributed by atoms with Gasteiger partial charge in [-0.05, 0) is 0 Å². The predicted octanol–water partition coefficient (Wildman–Crippen LogP) is -1.41. The van der Waals surface area contributed by atoms with Crippen molar-refractivity contribution in [2.45, 2.75) is 11.7 Å². The zero-order valence-corrected chi connectivity index (χ0v) is 10.8. The van der Waals surface area contributed by atoms with Gasteiger partial charge in [-0.25, -0.2) is 18.4 Å². The van der Waals surface area contributed by atoms with Crippen LogP contribution in [0.2, 0.25) is 0 Å². The normalized spacial score (nSPS) is 19.8. The van der Waals surface area contributed by atoms with Crippen LogP contribution in [0.4, 0.5) is 5.82 Å². The standard InChI is InChI=1S/C9H12N4O5S/c1-18-9(15)6-3-7(12-11-6)13-4-5(2-8(13)14)19(10,16)17/h3,5H,2,4H2,1H3,(H,11,12)(H2,10,16,17). The molecule has 9 nitrogen and oxygen atoms in total. The van der Waals surface area contributed by atoms with Crippen LogP contribution in [0.1, 0.15) is 16.9 Å². The average Bonchev–Trinajstić information content (AvgIpc) is 2.93. The third kappa shape index (κ3) is 2.58. The maximum absolute atomic E-state index is 11.7. The molecule has 1 aliphatic heterocycles. The fourth-order valence-electron chi connectivity index (χ4n) is 1.78. The molecule has 104 valence electrons. The SMILES string of the molecule is COC(=O)c1cc(N2CC(S(N)(=O)=O)CC2=O)n[nH]1. The van der Waals surface area contributed by atoms with E-state index in [0.717, 1.165) is 4.90 Å². The van der Waals surface area contributed by atoms with Crippen LogP contribution >= 0.6 is 0 Å². The largest absolute Gasteiger partial charge is 0.464 e. The molecule has 19 heavy (non-hydrogen) atoms. The zero-order chi connectivity index (χ0) is 14.2. The number of rotatable bonds is 3. The number of sulfonamides is 1. The molecule has 0 aliphatic carbocycles. The number of carbonyl (C=O) groups is 2. The van der Waals surface area contributed by atoms with Crippen molar-refractivity contribution in [3.05, 3.63) is 11.8 Å². The Bertz CT molecular complexity index is 622. The van der Waals surface area contributed by atoms with Gasteiger partial charge in [0, 0.05) is 19.0 Å². The Hall–Kier alpha value is -1.94. The van der Waals surface area contributed by atoms with Crippen LogP contribution in [-0.2, 0) is 19.6 Å². The van der Waals surface area contributed by atoms with E-state index in [1.54, 1.807) is 0 Å². The first-order valence-corrected chi connectivity index (χ1v) is 6.89. The highest BCUT2D eigenvalue weighted by Crippen LogP contribution is 2.23. The van der Waals surface area contributed by atoms with E-state index in [4.69, 9.17) is 5.14 Å². The van der Waals surface area contributed by atoms with E-state index in [9.17, 15) is 18.0 Å². The Kier molecular flexibility index (Phi) is 3.28. The summed E-state index contributed by atoms with van der Waals surface area (Å²) in [5, 5.41) is 10.2. The topological polar surface area (TPSA) is 135 Å². The zero-order valence-electron chi connectivity index (χ0n) is 9.99. The molecule has 1 aromatic rings. The van der Waals surface area contributed by atoms with Crippen molar-refractivity contribution < 1.29 is 22.7 Å². The van der Waals surface area contributed by atoms with E-state index < -0.39 is 27.1 Å². The number of primary sulfonamides is 1. The molecule has 10 heteroatoms. The lowest BCUT2D eigenvalue weighted by atomic mass is 10.4. The number of nitrogens with one attached hydrogen (secondary N) is 1. The molecule has 1 amide bonds. The molecule has 0 aromatic carbocycles. The van der Waals surface area contributed by atoms with E-state index >= 15 is 0 Å². The van der Waals surface area contributed by atoms with Gasteiger partial charge < -0.3 is 4.74 Å². The van der Waals surface area contributed by atoms with Crippen molar-refractivity contribution in [3.63, 3.8) is 0 Å². The number of carbonyl (C=O) groups excluding carboxylic acids is 2. The molecule has 0 saturated carbocycles. The summed E-state index contributed by atoms with van der Waals surface area (Å²) < 4.78 is 26.9. The van der Waals surface area contributed by atoms with Gasteiger partial charge in [-0.3, -0.25) is 14.8 Å². The van der Waals surface area contributed by atoms with E-state index in [1.165, 1.54) is 13.2 Å². The Morgan fingerprint density at radius 3 is 2.84 bits per heavy atom. The highest BCUT2D eigenvalue weighted by molar-refractivity contribution is 7.89. The van der Waals surface area contributed by atoms with Crippen molar-refractivity contribution in [3.8, 4) is 0 Å². The predicted molar refractivity (Wildman–Crippen MR) is 63.8 cm³/mol. The number of amides is 1. The second kappa shape index (κ2) is 4.63. The number of nitrogens with zero attached hydrogens (tertiary/aromatic N) is 2. The van der Waals surface area contributed by atoms with Crippen LogP contribution in [-0.4, -0.2) is 49.4 Å². The molecule has 1 unspecified atom stereocenters. The third-order valence-corrected chi connectivity index (χ3v) is 4.05. The maximum Gasteiger partial charge on any atom is 0.356 e. The number of hydrogen-bond donors (Lipinski definition) is 2. The summed E-state index contributed by atoms with van der Waals surface area (Å²) in [6.45, 7) is -0.0802. The first-order valence-electron chi connectivity index (χ1n) is 5.28. The van der Waals surface area contributed by atoms with E-state index in [-0.39, 0.29) is 24.5 Å². The Morgan fingerprint density at radius 1 is 1.63 bits per heavy atom. The number of aromatic nitrogens is 2. The molecule has 1 fully saturated rings. The summed E-state index contributed by atoms with van der Waals surface area (Å²) in [4.78, 5) is 24.1. The maximum atomic E-state index is 11.7.